The van der Waals surface area contributed by atoms with E-state index in [9.17, 15) is 9.90 Å². The molecule has 2 atom stereocenters. The van der Waals surface area contributed by atoms with Gasteiger partial charge in [-0.15, -0.1) is 0 Å². The lowest BCUT2D eigenvalue weighted by Crippen LogP contribution is -2.48. The van der Waals surface area contributed by atoms with Crippen molar-refractivity contribution in [2.75, 3.05) is 6.61 Å². The van der Waals surface area contributed by atoms with Gasteiger partial charge in [0.15, 0.2) is 0 Å². The Labute approximate surface area is 190 Å². The van der Waals surface area contributed by atoms with Crippen LogP contribution in [-0.4, -0.2) is 23.3 Å². The predicted octanol–water partition coefficient (Wildman–Crippen LogP) is 5.46. The summed E-state index contributed by atoms with van der Waals surface area (Å²) in [5.74, 6) is 0.448. The lowest BCUT2D eigenvalue weighted by atomic mass is 9.92. The van der Waals surface area contributed by atoms with Gasteiger partial charge in [-0.25, -0.2) is 4.79 Å². The molecular formula is C25H25BrO5. The molecule has 6 heteroatoms. The second-order valence-electron chi connectivity index (χ2n) is 7.13. The molecule has 3 rings (SSSR count). The summed E-state index contributed by atoms with van der Waals surface area (Å²) in [6, 6.07) is 23.9. The largest absolute Gasteiger partial charge is 0.489 e. The lowest BCUT2D eigenvalue weighted by molar-refractivity contribution is -0.171. The van der Waals surface area contributed by atoms with Crippen molar-refractivity contribution in [2.45, 2.75) is 32.2 Å². The van der Waals surface area contributed by atoms with E-state index >= 15 is 0 Å². The Kier molecular flexibility index (Phi) is 7.71. The molecule has 0 aliphatic rings. The first-order valence-electron chi connectivity index (χ1n) is 9.99. The van der Waals surface area contributed by atoms with E-state index in [4.69, 9.17) is 14.2 Å². The Morgan fingerprint density at radius 3 is 2.35 bits per heavy atom. The molecule has 0 saturated heterocycles. The Balaban J connectivity index is 1.78. The van der Waals surface area contributed by atoms with Crippen molar-refractivity contribution in [1.82, 2.24) is 0 Å². The highest BCUT2D eigenvalue weighted by Crippen LogP contribution is 2.34. The predicted molar refractivity (Wildman–Crippen MR) is 122 cm³/mol. The molecule has 31 heavy (non-hydrogen) atoms. The number of aliphatic hydroxyl groups is 1. The van der Waals surface area contributed by atoms with Gasteiger partial charge in [0.25, 0.3) is 0 Å². The zero-order valence-corrected chi connectivity index (χ0v) is 19.0. The summed E-state index contributed by atoms with van der Waals surface area (Å²) in [6.45, 7) is 3.85. The molecule has 0 bridgehead atoms. The summed E-state index contributed by atoms with van der Waals surface area (Å²) in [4.78, 5) is 12.8. The van der Waals surface area contributed by atoms with Gasteiger partial charge in [-0.05, 0) is 55.3 Å². The van der Waals surface area contributed by atoms with E-state index in [1.54, 1.807) is 49.4 Å². The maximum Gasteiger partial charge on any atom is 0.353 e. The van der Waals surface area contributed by atoms with Crippen molar-refractivity contribution in [3.05, 3.63) is 94.5 Å². The molecule has 0 saturated carbocycles. The third-order valence-electron chi connectivity index (χ3n) is 4.77. The Morgan fingerprint density at radius 2 is 1.71 bits per heavy atom. The van der Waals surface area contributed by atoms with Crippen LogP contribution >= 0.6 is 15.9 Å². The van der Waals surface area contributed by atoms with E-state index in [0.29, 0.717) is 23.7 Å². The van der Waals surface area contributed by atoms with Gasteiger partial charge in [0.05, 0.1) is 6.61 Å². The molecular weight excluding hydrogens is 460 g/mol. The molecule has 2 unspecified atom stereocenters. The van der Waals surface area contributed by atoms with Gasteiger partial charge < -0.3 is 19.3 Å². The summed E-state index contributed by atoms with van der Waals surface area (Å²) in [6.07, 6.45) is -1.26. The second-order valence-corrected chi connectivity index (χ2v) is 8.05. The fraction of sp³-hybridized carbons (Fsp3) is 0.240. The van der Waals surface area contributed by atoms with E-state index in [2.05, 4.69) is 15.9 Å². The minimum atomic E-state index is -1.64. The van der Waals surface area contributed by atoms with Crippen molar-refractivity contribution < 1.29 is 24.1 Å². The SMILES string of the molecule is CCOC(=O)C(C)(Oc1cccc(Br)c1)C(O)c1ccc(OCc2ccccc2)cc1. The van der Waals surface area contributed by atoms with Crippen LogP contribution < -0.4 is 9.47 Å². The van der Waals surface area contributed by atoms with E-state index < -0.39 is 17.7 Å². The van der Waals surface area contributed by atoms with Crippen LogP contribution in [0.4, 0.5) is 0 Å². The number of rotatable bonds is 9. The molecule has 3 aromatic rings. The molecule has 1 N–H and O–H groups in total. The first-order chi connectivity index (χ1) is 14.9. The van der Waals surface area contributed by atoms with Crippen LogP contribution in [0.25, 0.3) is 0 Å². The van der Waals surface area contributed by atoms with Crippen LogP contribution in [0.15, 0.2) is 83.3 Å². The van der Waals surface area contributed by atoms with E-state index in [-0.39, 0.29) is 6.61 Å². The summed E-state index contributed by atoms with van der Waals surface area (Å²) in [5.41, 5.74) is -0.0648. The number of aliphatic hydroxyl groups excluding tert-OH is 1. The average molecular weight is 485 g/mol. The highest BCUT2D eigenvalue weighted by Gasteiger charge is 2.45. The van der Waals surface area contributed by atoms with Crippen LogP contribution in [0.5, 0.6) is 11.5 Å². The minimum Gasteiger partial charge on any atom is -0.489 e. The molecule has 5 nitrogen and oxygen atoms in total. The molecule has 3 aromatic carbocycles. The molecule has 0 fully saturated rings. The highest BCUT2D eigenvalue weighted by molar-refractivity contribution is 9.10. The maximum absolute atomic E-state index is 12.8. The third-order valence-corrected chi connectivity index (χ3v) is 5.27. The maximum atomic E-state index is 12.8. The number of esters is 1. The smallest absolute Gasteiger partial charge is 0.353 e. The zero-order valence-electron chi connectivity index (χ0n) is 17.5. The Morgan fingerprint density at radius 1 is 1.00 bits per heavy atom. The topological polar surface area (TPSA) is 65.0 Å². The minimum absolute atomic E-state index is 0.176. The number of benzene rings is 3. The van der Waals surface area contributed by atoms with Gasteiger partial charge in [-0.3, -0.25) is 0 Å². The number of halogens is 1. The molecule has 0 heterocycles. The third kappa shape index (κ3) is 5.87. The molecule has 0 radical (unpaired) electrons. The van der Waals surface area contributed by atoms with E-state index in [0.717, 1.165) is 10.0 Å². The Bertz CT molecular complexity index is 990. The number of hydrogen-bond donors (Lipinski definition) is 1. The van der Waals surface area contributed by atoms with Crippen molar-refractivity contribution in [2.24, 2.45) is 0 Å². The Hall–Kier alpha value is -2.83. The zero-order chi connectivity index (χ0) is 22.3. The first kappa shape index (κ1) is 22.8. The van der Waals surface area contributed by atoms with Gasteiger partial charge >= 0.3 is 5.97 Å². The normalized spacial score (nSPS) is 13.7. The molecule has 0 aromatic heterocycles. The van der Waals surface area contributed by atoms with Crippen molar-refractivity contribution in [3.63, 3.8) is 0 Å². The number of ether oxygens (including phenoxy) is 3. The highest BCUT2D eigenvalue weighted by atomic mass is 79.9. The van der Waals surface area contributed by atoms with E-state index in [1.165, 1.54) is 6.92 Å². The second kappa shape index (κ2) is 10.5. The molecule has 0 amide bonds. The average Bonchev–Trinajstić information content (AvgIpc) is 2.78. The van der Waals surface area contributed by atoms with Crippen LogP contribution in [0.1, 0.15) is 31.1 Å². The van der Waals surface area contributed by atoms with Crippen LogP contribution in [0, 0.1) is 0 Å². The van der Waals surface area contributed by atoms with Crippen molar-refractivity contribution >= 4 is 21.9 Å². The number of carbonyl (C=O) groups excluding carboxylic acids is 1. The quantitative estimate of drug-likeness (QED) is 0.408. The van der Waals surface area contributed by atoms with Crippen molar-refractivity contribution in [1.29, 1.82) is 0 Å². The summed E-state index contributed by atoms with van der Waals surface area (Å²) >= 11 is 3.39. The lowest BCUT2D eigenvalue weighted by Gasteiger charge is -2.33. The van der Waals surface area contributed by atoms with Gasteiger partial charge in [0, 0.05) is 4.47 Å². The number of carbonyl (C=O) groups is 1. The summed E-state index contributed by atoms with van der Waals surface area (Å²) in [5, 5.41) is 11.1. The van der Waals surface area contributed by atoms with Gasteiger partial charge in [0.1, 0.15) is 24.2 Å². The fourth-order valence-electron chi connectivity index (χ4n) is 3.06. The van der Waals surface area contributed by atoms with Gasteiger partial charge in [-0.2, -0.15) is 0 Å². The van der Waals surface area contributed by atoms with Crippen LogP contribution in [-0.2, 0) is 16.1 Å². The summed E-state index contributed by atoms with van der Waals surface area (Å²) < 4.78 is 17.8. The van der Waals surface area contributed by atoms with Crippen molar-refractivity contribution in [3.8, 4) is 11.5 Å². The van der Waals surface area contributed by atoms with Crippen LogP contribution in [0.2, 0.25) is 0 Å². The molecule has 0 spiro atoms. The molecule has 0 aliphatic heterocycles. The van der Waals surface area contributed by atoms with E-state index in [1.807, 2.05) is 36.4 Å². The number of hydrogen-bond acceptors (Lipinski definition) is 5. The molecule has 162 valence electrons. The van der Waals surface area contributed by atoms with Gasteiger partial charge in [-0.1, -0.05) is 64.5 Å². The van der Waals surface area contributed by atoms with Crippen LogP contribution in [0.3, 0.4) is 0 Å². The first-order valence-corrected chi connectivity index (χ1v) is 10.8. The molecule has 0 aliphatic carbocycles. The summed E-state index contributed by atoms with van der Waals surface area (Å²) in [7, 11) is 0. The fourth-order valence-corrected chi connectivity index (χ4v) is 3.44. The van der Waals surface area contributed by atoms with Gasteiger partial charge in [0.2, 0.25) is 5.60 Å². The standard InChI is InChI=1S/C25H25BrO5/c1-3-29-24(28)25(2,31-22-11-7-10-20(26)16-22)23(27)19-12-14-21(15-13-19)30-17-18-8-5-4-6-9-18/h4-16,23,27H,3,17H2,1-2H3. The monoisotopic (exact) mass is 484 g/mol.